The molecule has 0 saturated carbocycles. The van der Waals surface area contributed by atoms with Crippen LogP contribution in [0.2, 0.25) is 0 Å². The lowest BCUT2D eigenvalue weighted by Crippen LogP contribution is -2.63. The minimum absolute atomic E-state index is 0.899. The molecule has 4 nitrogen and oxygen atoms in total. The van der Waals surface area contributed by atoms with Crippen molar-refractivity contribution >= 4 is 8.80 Å². The van der Waals surface area contributed by atoms with E-state index in [2.05, 4.69) is 20.8 Å². The molecule has 21 heavy (non-hydrogen) atoms. The molecule has 0 rings (SSSR count). The second-order valence-corrected chi connectivity index (χ2v) is 8.93. The first kappa shape index (κ1) is 21.1. The molecule has 0 aliphatic carbocycles. The predicted molar refractivity (Wildman–Crippen MR) is 91.2 cm³/mol. The van der Waals surface area contributed by atoms with Gasteiger partial charge < -0.3 is 17.8 Å². The Balaban J connectivity index is 5.17. The molecule has 0 aromatic heterocycles. The topological polar surface area (TPSA) is 27.7 Å². The molecule has 5 heteroatoms. The van der Waals surface area contributed by atoms with E-state index in [4.69, 9.17) is 13.3 Å². The molecule has 0 aromatic carbocycles. The summed E-state index contributed by atoms with van der Waals surface area (Å²) in [5.41, 5.74) is 0. The van der Waals surface area contributed by atoms with E-state index in [0.717, 1.165) is 10.7 Å². The zero-order valence-corrected chi connectivity index (χ0v) is 16.2. The molecular weight excluding hydrogens is 282 g/mol. The highest BCUT2D eigenvalue weighted by molar-refractivity contribution is 6.60. The van der Waals surface area contributed by atoms with Crippen molar-refractivity contribution in [3.05, 3.63) is 0 Å². The first-order valence-corrected chi connectivity index (χ1v) is 10.5. The smallest absolute Gasteiger partial charge is 0.374 e. The molecule has 0 aliphatic heterocycles. The average molecular weight is 321 g/mol. The summed E-state index contributed by atoms with van der Waals surface area (Å²) >= 11 is 0. The normalized spacial score (nSPS) is 12.9. The van der Waals surface area contributed by atoms with Crippen LogP contribution in [0.5, 0.6) is 0 Å². The highest BCUT2D eigenvalue weighted by Crippen LogP contribution is 2.20. The van der Waals surface area contributed by atoms with Crippen molar-refractivity contribution in [1.29, 1.82) is 0 Å². The molecule has 0 aromatic rings. The second-order valence-electron chi connectivity index (χ2n) is 6.03. The number of hydrogen-bond donors (Lipinski definition) is 0. The Morgan fingerprint density at radius 1 is 0.667 bits per heavy atom. The Hall–Kier alpha value is 0.0569. The molecule has 0 saturated heterocycles. The number of nitrogens with zero attached hydrogens (tertiary/aromatic N) is 1. The first-order chi connectivity index (χ1) is 10.1. The van der Waals surface area contributed by atoms with Crippen molar-refractivity contribution < 1.29 is 17.8 Å². The van der Waals surface area contributed by atoms with Crippen LogP contribution in [0.25, 0.3) is 0 Å². The molecule has 0 atom stereocenters. The van der Waals surface area contributed by atoms with Gasteiger partial charge in [0.05, 0.1) is 19.6 Å². The van der Waals surface area contributed by atoms with Crippen LogP contribution in [0.4, 0.5) is 0 Å². The highest BCUT2D eigenvalue weighted by atomic mass is 28.4. The van der Waals surface area contributed by atoms with E-state index in [1.54, 1.807) is 21.3 Å². The molecule has 0 heterocycles. The molecule has 0 N–H and O–H groups in total. The van der Waals surface area contributed by atoms with Gasteiger partial charge >= 0.3 is 8.80 Å². The average Bonchev–Trinajstić information content (AvgIpc) is 2.54. The second kappa shape index (κ2) is 11.6. The molecule has 0 amide bonds. The van der Waals surface area contributed by atoms with Crippen LogP contribution >= 0.6 is 0 Å². The summed E-state index contributed by atoms with van der Waals surface area (Å²) in [6.07, 6.45) is 8.38. The Labute approximate surface area is 133 Å². The van der Waals surface area contributed by atoms with Crippen molar-refractivity contribution in [3.63, 3.8) is 0 Å². The van der Waals surface area contributed by atoms with E-state index in [1.807, 2.05) is 0 Å². The van der Waals surface area contributed by atoms with Crippen LogP contribution in [0.15, 0.2) is 0 Å². The monoisotopic (exact) mass is 320 g/mol. The van der Waals surface area contributed by atoms with E-state index in [-0.39, 0.29) is 0 Å². The molecule has 0 bridgehead atoms. The van der Waals surface area contributed by atoms with Crippen molar-refractivity contribution in [2.75, 3.05) is 47.1 Å². The van der Waals surface area contributed by atoms with Crippen molar-refractivity contribution in [2.24, 2.45) is 0 Å². The summed E-state index contributed by atoms with van der Waals surface area (Å²) in [5, 5.41) is 0. The summed E-state index contributed by atoms with van der Waals surface area (Å²) in [7, 11) is 2.66. The number of unbranched alkanes of at least 4 members (excludes halogenated alkanes) is 3. The van der Waals surface area contributed by atoms with E-state index < -0.39 is 8.80 Å². The quantitative estimate of drug-likeness (QED) is 0.361. The lowest BCUT2D eigenvalue weighted by atomic mass is 10.2. The van der Waals surface area contributed by atoms with Crippen LogP contribution in [-0.4, -0.2) is 60.4 Å². The summed E-state index contributed by atoms with van der Waals surface area (Å²) in [5.74, 6) is 0. The summed E-state index contributed by atoms with van der Waals surface area (Å²) in [6, 6.07) is 0. The van der Waals surface area contributed by atoms with E-state index in [0.29, 0.717) is 0 Å². The molecule has 128 valence electrons. The van der Waals surface area contributed by atoms with E-state index in [9.17, 15) is 0 Å². The fraction of sp³-hybridized carbons (Fsp3) is 1.00. The van der Waals surface area contributed by atoms with Crippen LogP contribution in [0.1, 0.15) is 59.3 Å². The molecular formula is C16H38NO3Si+. The lowest BCUT2D eigenvalue weighted by molar-refractivity contribution is -0.921. The minimum Gasteiger partial charge on any atom is -0.374 e. The van der Waals surface area contributed by atoms with Crippen LogP contribution in [0, 0.1) is 0 Å². The molecule has 0 fully saturated rings. The van der Waals surface area contributed by atoms with Gasteiger partial charge in [-0.3, -0.25) is 0 Å². The molecule has 0 spiro atoms. The van der Waals surface area contributed by atoms with Gasteiger partial charge in [0.25, 0.3) is 0 Å². The van der Waals surface area contributed by atoms with E-state index >= 15 is 0 Å². The predicted octanol–water partition coefficient (Wildman–Crippen LogP) is 3.62. The SMILES string of the molecule is CCCC[N+](CCCC)(CCCC)C[Si](OC)(OC)OC. The Morgan fingerprint density at radius 2 is 1.00 bits per heavy atom. The first-order valence-electron chi connectivity index (χ1n) is 8.58. The zero-order chi connectivity index (χ0) is 16.2. The van der Waals surface area contributed by atoms with Gasteiger partial charge in [0.1, 0.15) is 6.17 Å². The molecule has 0 aliphatic rings. The van der Waals surface area contributed by atoms with Gasteiger partial charge in [0.15, 0.2) is 0 Å². The van der Waals surface area contributed by atoms with Gasteiger partial charge in [-0.25, -0.2) is 0 Å². The van der Waals surface area contributed by atoms with Crippen LogP contribution in [0.3, 0.4) is 0 Å². The number of rotatable bonds is 14. The molecule has 0 unspecified atom stereocenters. The van der Waals surface area contributed by atoms with Crippen molar-refractivity contribution in [1.82, 2.24) is 0 Å². The maximum Gasteiger partial charge on any atom is 0.558 e. The summed E-state index contributed by atoms with van der Waals surface area (Å²) < 4.78 is 18.2. The van der Waals surface area contributed by atoms with Crippen molar-refractivity contribution in [2.45, 2.75) is 59.3 Å². The van der Waals surface area contributed by atoms with E-state index in [1.165, 1.54) is 58.2 Å². The number of quaternary nitrogens is 1. The third-order valence-corrected chi connectivity index (χ3v) is 7.34. The van der Waals surface area contributed by atoms with Gasteiger partial charge in [-0.2, -0.15) is 0 Å². The Morgan fingerprint density at radius 3 is 1.24 bits per heavy atom. The summed E-state index contributed by atoms with van der Waals surface area (Å²) in [6.45, 7) is 10.4. The van der Waals surface area contributed by atoms with Gasteiger partial charge in [0.2, 0.25) is 0 Å². The van der Waals surface area contributed by atoms with Crippen LogP contribution in [-0.2, 0) is 13.3 Å². The van der Waals surface area contributed by atoms with Gasteiger partial charge in [-0.15, -0.1) is 0 Å². The van der Waals surface area contributed by atoms with Crippen LogP contribution < -0.4 is 0 Å². The fourth-order valence-corrected chi connectivity index (χ4v) is 5.09. The third-order valence-electron chi connectivity index (χ3n) is 4.42. The Kier molecular flexibility index (Phi) is 11.6. The third kappa shape index (κ3) is 7.24. The molecule has 0 radical (unpaired) electrons. The largest absolute Gasteiger partial charge is 0.558 e. The standard InChI is InChI=1S/C16H38NO3Si/c1-7-10-13-17(14-11-8-2,15-12-9-3)16-21(18-4,19-5)20-6/h7-16H2,1-6H3/q+1. The minimum atomic E-state index is -2.53. The van der Waals surface area contributed by atoms with Gasteiger partial charge in [-0.1, -0.05) is 40.0 Å². The fourth-order valence-electron chi connectivity index (χ4n) is 2.91. The lowest BCUT2D eigenvalue weighted by Gasteiger charge is -2.42. The van der Waals surface area contributed by atoms with Gasteiger partial charge in [0, 0.05) is 21.3 Å². The van der Waals surface area contributed by atoms with Crippen molar-refractivity contribution in [3.8, 4) is 0 Å². The Bertz CT molecular complexity index is 218. The zero-order valence-electron chi connectivity index (χ0n) is 15.2. The maximum absolute atomic E-state index is 5.71. The number of hydrogen-bond acceptors (Lipinski definition) is 3. The maximum atomic E-state index is 5.71. The summed E-state index contributed by atoms with van der Waals surface area (Å²) in [4.78, 5) is 0. The van der Waals surface area contributed by atoms with Gasteiger partial charge in [-0.05, 0) is 19.3 Å². The highest BCUT2D eigenvalue weighted by Gasteiger charge is 2.48.